The number of hydrogen-bond donors (Lipinski definition) is 1. The van der Waals surface area contributed by atoms with Gasteiger partial charge in [0.1, 0.15) is 11.5 Å². The fourth-order valence-electron chi connectivity index (χ4n) is 1.79. The van der Waals surface area contributed by atoms with E-state index in [2.05, 4.69) is 48.0 Å². The molecule has 0 saturated heterocycles. The van der Waals surface area contributed by atoms with Gasteiger partial charge in [-0.3, -0.25) is 0 Å². The van der Waals surface area contributed by atoms with Gasteiger partial charge in [0, 0.05) is 25.1 Å². The van der Waals surface area contributed by atoms with Crippen LogP contribution in [0.2, 0.25) is 0 Å². The number of aryl methyl sites for hydroxylation is 1. The van der Waals surface area contributed by atoms with E-state index in [9.17, 15) is 0 Å². The highest BCUT2D eigenvalue weighted by Crippen LogP contribution is 2.25. The monoisotopic (exact) mass is 259 g/mol. The summed E-state index contributed by atoms with van der Waals surface area (Å²) in [6.45, 7) is 9.35. The van der Waals surface area contributed by atoms with Gasteiger partial charge >= 0.3 is 0 Å². The lowest BCUT2D eigenvalue weighted by atomic mass is 9.92. The number of imidazole rings is 1. The van der Waals surface area contributed by atoms with Gasteiger partial charge in [0.25, 0.3) is 0 Å². The van der Waals surface area contributed by atoms with Crippen molar-refractivity contribution in [2.24, 2.45) is 7.05 Å². The SMILES string of the molecule is CCNc1cc(C(C)(C)C)nc(-c2cncn2C)n1. The Kier molecular flexibility index (Phi) is 3.55. The van der Waals surface area contributed by atoms with Crippen LogP contribution in [0.15, 0.2) is 18.6 Å². The maximum atomic E-state index is 4.68. The van der Waals surface area contributed by atoms with Crippen molar-refractivity contribution in [1.29, 1.82) is 0 Å². The molecular formula is C14H21N5. The van der Waals surface area contributed by atoms with Crippen molar-refractivity contribution in [3.05, 3.63) is 24.3 Å². The molecule has 0 unspecified atom stereocenters. The van der Waals surface area contributed by atoms with Crippen molar-refractivity contribution in [1.82, 2.24) is 19.5 Å². The van der Waals surface area contributed by atoms with Gasteiger partial charge in [-0.2, -0.15) is 0 Å². The molecule has 0 amide bonds. The summed E-state index contributed by atoms with van der Waals surface area (Å²) in [4.78, 5) is 13.4. The molecule has 0 aliphatic rings. The van der Waals surface area contributed by atoms with E-state index in [-0.39, 0.29) is 5.41 Å². The lowest BCUT2D eigenvalue weighted by molar-refractivity contribution is 0.568. The van der Waals surface area contributed by atoms with Crippen molar-refractivity contribution in [2.75, 3.05) is 11.9 Å². The van der Waals surface area contributed by atoms with E-state index < -0.39 is 0 Å². The number of rotatable bonds is 3. The second kappa shape index (κ2) is 4.99. The van der Waals surface area contributed by atoms with Gasteiger partial charge in [-0.1, -0.05) is 20.8 Å². The molecule has 5 heteroatoms. The third-order valence-electron chi connectivity index (χ3n) is 2.90. The van der Waals surface area contributed by atoms with Crippen LogP contribution in [0.3, 0.4) is 0 Å². The molecule has 0 radical (unpaired) electrons. The summed E-state index contributed by atoms with van der Waals surface area (Å²) in [7, 11) is 1.95. The summed E-state index contributed by atoms with van der Waals surface area (Å²) in [5.41, 5.74) is 1.93. The van der Waals surface area contributed by atoms with Gasteiger partial charge in [0.15, 0.2) is 5.82 Å². The maximum absolute atomic E-state index is 4.68. The molecule has 0 bridgehead atoms. The Bertz CT molecular complexity index is 565. The topological polar surface area (TPSA) is 55.6 Å². The molecule has 5 nitrogen and oxygen atoms in total. The third kappa shape index (κ3) is 2.92. The first-order chi connectivity index (χ1) is 8.91. The van der Waals surface area contributed by atoms with E-state index >= 15 is 0 Å². The number of nitrogens with one attached hydrogen (secondary N) is 1. The summed E-state index contributed by atoms with van der Waals surface area (Å²) in [5.74, 6) is 1.57. The summed E-state index contributed by atoms with van der Waals surface area (Å²) >= 11 is 0. The standard InChI is InChI=1S/C14H21N5/c1-6-16-12-7-11(14(2,3)4)17-13(18-12)10-8-15-9-19(10)5/h7-9H,6H2,1-5H3,(H,16,17,18). The van der Waals surface area contributed by atoms with Crippen molar-refractivity contribution >= 4 is 5.82 Å². The van der Waals surface area contributed by atoms with Gasteiger partial charge in [-0.05, 0) is 6.92 Å². The highest BCUT2D eigenvalue weighted by Gasteiger charge is 2.19. The van der Waals surface area contributed by atoms with E-state index in [1.165, 1.54) is 0 Å². The normalized spacial score (nSPS) is 11.6. The van der Waals surface area contributed by atoms with Gasteiger partial charge < -0.3 is 9.88 Å². The third-order valence-corrected chi connectivity index (χ3v) is 2.90. The molecule has 0 aliphatic carbocycles. The Hall–Kier alpha value is -1.91. The van der Waals surface area contributed by atoms with Gasteiger partial charge in [0.2, 0.25) is 0 Å². The number of hydrogen-bond acceptors (Lipinski definition) is 4. The van der Waals surface area contributed by atoms with Crippen LogP contribution in [0.4, 0.5) is 5.82 Å². The van der Waals surface area contributed by atoms with Crippen molar-refractivity contribution in [3.63, 3.8) is 0 Å². The first-order valence-electron chi connectivity index (χ1n) is 6.52. The molecule has 19 heavy (non-hydrogen) atoms. The average Bonchev–Trinajstić information content (AvgIpc) is 2.74. The van der Waals surface area contributed by atoms with E-state index in [0.29, 0.717) is 5.82 Å². The van der Waals surface area contributed by atoms with Crippen LogP contribution in [-0.2, 0) is 12.5 Å². The molecule has 102 valence electrons. The lowest BCUT2D eigenvalue weighted by Gasteiger charge is -2.19. The van der Waals surface area contributed by atoms with Crippen LogP contribution >= 0.6 is 0 Å². The van der Waals surface area contributed by atoms with E-state index in [0.717, 1.165) is 23.8 Å². The minimum absolute atomic E-state index is 0.0134. The van der Waals surface area contributed by atoms with Crippen molar-refractivity contribution < 1.29 is 0 Å². The number of aromatic nitrogens is 4. The second-order valence-corrected chi connectivity index (χ2v) is 5.63. The minimum Gasteiger partial charge on any atom is -0.370 e. The highest BCUT2D eigenvalue weighted by atomic mass is 15.1. The van der Waals surface area contributed by atoms with Crippen molar-refractivity contribution in [3.8, 4) is 11.5 Å². The van der Waals surface area contributed by atoms with E-state index in [1.54, 1.807) is 12.5 Å². The molecule has 0 fully saturated rings. The molecule has 0 atom stereocenters. The van der Waals surface area contributed by atoms with Crippen molar-refractivity contribution in [2.45, 2.75) is 33.1 Å². The Morgan fingerprint density at radius 1 is 1.26 bits per heavy atom. The summed E-state index contributed by atoms with van der Waals surface area (Å²) in [5, 5.41) is 3.26. The van der Waals surface area contributed by atoms with Crippen LogP contribution in [0.1, 0.15) is 33.4 Å². The largest absolute Gasteiger partial charge is 0.370 e. The fourth-order valence-corrected chi connectivity index (χ4v) is 1.79. The zero-order chi connectivity index (χ0) is 14.0. The summed E-state index contributed by atoms with van der Waals surface area (Å²) < 4.78 is 1.93. The fraction of sp³-hybridized carbons (Fsp3) is 0.500. The average molecular weight is 259 g/mol. The zero-order valence-corrected chi connectivity index (χ0v) is 12.2. The molecule has 2 aromatic rings. The van der Waals surface area contributed by atoms with E-state index in [1.807, 2.05) is 17.7 Å². The smallest absolute Gasteiger partial charge is 0.180 e. The van der Waals surface area contributed by atoms with Gasteiger partial charge in [-0.25, -0.2) is 15.0 Å². The maximum Gasteiger partial charge on any atom is 0.180 e. The Morgan fingerprint density at radius 3 is 2.53 bits per heavy atom. The molecule has 2 aromatic heterocycles. The Balaban J connectivity index is 2.55. The predicted octanol–water partition coefficient (Wildman–Crippen LogP) is 2.61. The highest BCUT2D eigenvalue weighted by molar-refractivity contribution is 5.53. The molecule has 2 heterocycles. The van der Waals surface area contributed by atoms with Gasteiger partial charge in [0.05, 0.1) is 18.2 Å². The molecule has 1 N–H and O–H groups in total. The van der Waals surface area contributed by atoms with Crippen LogP contribution in [0, 0.1) is 0 Å². The zero-order valence-electron chi connectivity index (χ0n) is 12.2. The molecule has 0 saturated carbocycles. The first kappa shape index (κ1) is 13.5. The van der Waals surface area contributed by atoms with Crippen LogP contribution in [0.5, 0.6) is 0 Å². The van der Waals surface area contributed by atoms with E-state index in [4.69, 9.17) is 0 Å². The molecular weight excluding hydrogens is 238 g/mol. The summed E-state index contributed by atoms with van der Waals surface area (Å²) in [6, 6.07) is 2.02. The quantitative estimate of drug-likeness (QED) is 0.920. The molecule has 2 rings (SSSR count). The predicted molar refractivity (Wildman–Crippen MR) is 77.1 cm³/mol. The number of anilines is 1. The van der Waals surface area contributed by atoms with Crippen LogP contribution < -0.4 is 5.32 Å². The van der Waals surface area contributed by atoms with Crippen LogP contribution in [0.25, 0.3) is 11.5 Å². The van der Waals surface area contributed by atoms with Gasteiger partial charge in [-0.15, -0.1) is 0 Å². The Labute approximate surface area is 114 Å². The second-order valence-electron chi connectivity index (χ2n) is 5.63. The first-order valence-corrected chi connectivity index (χ1v) is 6.52. The molecule has 0 spiro atoms. The lowest BCUT2D eigenvalue weighted by Crippen LogP contribution is -2.16. The molecule has 0 aromatic carbocycles. The minimum atomic E-state index is -0.0134. The summed E-state index contributed by atoms with van der Waals surface area (Å²) in [6.07, 6.45) is 3.55. The van der Waals surface area contributed by atoms with Crippen LogP contribution in [-0.4, -0.2) is 26.1 Å². The molecule has 0 aliphatic heterocycles. The Morgan fingerprint density at radius 2 is 2.00 bits per heavy atom. The number of nitrogens with zero attached hydrogens (tertiary/aromatic N) is 4.